The van der Waals surface area contributed by atoms with Gasteiger partial charge >= 0.3 is 6.18 Å². The number of nitrogen functional groups attached to an aromatic ring is 1. The fraction of sp³-hybridized carbons (Fsp3) is 0.214. The van der Waals surface area contributed by atoms with Crippen LogP contribution in [-0.4, -0.2) is 4.98 Å². The Hall–Kier alpha value is -2.24. The molecule has 0 saturated heterocycles. The first kappa shape index (κ1) is 14.2. The summed E-state index contributed by atoms with van der Waals surface area (Å²) >= 11 is 0. The largest absolute Gasteiger partial charge is 0.416 e. The van der Waals surface area contributed by atoms with Crippen molar-refractivity contribution in [2.24, 2.45) is 0 Å². The summed E-state index contributed by atoms with van der Waals surface area (Å²) in [4.78, 5) is 4.18. The summed E-state index contributed by atoms with van der Waals surface area (Å²) in [5.74, 6) is 0.458. The van der Waals surface area contributed by atoms with Gasteiger partial charge in [-0.3, -0.25) is 0 Å². The van der Waals surface area contributed by atoms with Gasteiger partial charge in [0.25, 0.3) is 0 Å². The van der Waals surface area contributed by atoms with E-state index >= 15 is 0 Å². The maximum absolute atomic E-state index is 12.7. The Morgan fingerprint density at radius 1 is 1.10 bits per heavy atom. The lowest BCUT2D eigenvalue weighted by molar-refractivity contribution is -0.137. The molecule has 0 aliphatic heterocycles. The second kappa shape index (κ2) is 5.03. The Balaban J connectivity index is 2.35. The van der Waals surface area contributed by atoms with E-state index in [2.05, 4.69) is 10.3 Å². The van der Waals surface area contributed by atoms with Gasteiger partial charge < -0.3 is 11.1 Å². The maximum atomic E-state index is 12.7. The van der Waals surface area contributed by atoms with Gasteiger partial charge in [0.05, 0.1) is 16.9 Å². The van der Waals surface area contributed by atoms with Crippen molar-refractivity contribution in [1.29, 1.82) is 0 Å². The van der Waals surface area contributed by atoms with Gasteiger partial charge in [-0.15, -0.1) is 0 Å². The highest BCUT2D eigenvalue weighted by Crippen LogP contribution is 2.32. The van der Waals surface area contributed by atoms with Gasteiger partial charge in [-0.05, 0) is 43.7 Å². The molecular weight excluding hydrogens is 267 g/mol. The number of nitrogens with zero attached hydrogens (tertiary/aromatic N) is 1. The Kier molecular flexibility index (Phi) is 3.57. The first-order valence-corrected chi connectivity index (χ1v) is 5.95. The van der Waals surface area contributed by atoms with Crippen molar-refractivity contribution in [2.45, 2.75) is 20.0 Å². The minimum absolute atomic E-state index is 0.372. The van der Waals surface area contributed by atoms with Crippen molar-refractivity contribution < 1.29 is 13.2 Å². The third kappa shape index (κ3) is 3.01. The van der Waals surface area contributed by atoms with Crippen LogP contribution in [-0.2, 0) is 6.18 Å². The van der Waals surface area contributed by atoms with E-state index in [4.69, 9.17) is 5.73 Å². The Labute approximate surface area is 114 Å². The lowest BCUT2D eigenvalue weighted by Crippen LogP contribution is -2.06. The molecule has 2 aromatic rings. The SMILES string of the molecule is Cc1ccc(C(F)(F)F)cc1Nc1ccc(N)c(C)n1. The fourth-order valence-electron chi connectivity index (χ4n) is 1.71. The highest BCUT2D eigenvalue weighted by Gasteiger charge is 2.30. The lowest BCUT2D eigenvalue weighted by Gasteiger charge is -2.13. The van der Waals surface area contributed by atoms with E-state index in [1.807, 2.05) is 0 Å². The summed E-state index contributed by atoms with van der Waals surface area (Å²) in [6, 6.07) is 6.84. The first-order valence-electron chi connectivity index (χ1n) is 5.95. The number of nitrogens with one attached hydrogen (secondary N) is 1. The molecule has 0 unspecified atom stereocenters. The minimum Gasteiger partial charge on any atom is -0.397 e. The summed E-state index contributed by atoms with van der Waals surface area (Å²) in [6.07, 6.45) is -4.37. The van der Waals surface area contributed by atoms with Crippen molar-refractivity contribution in [2.75, 3.05) is 11.1 Å². The molecule has 1 aromatic carbocycles. The smallest absolute Gasteiger partial charge is 0.397 e. The molecule has 2 rings (SSSR count). The summed E-state index contributed by atoms with van der Waals surface area (Å²) in [5, 5.41) is 2.89. The lowest BCUT2D eigenvalue weighted by atomic mass is 10.1. The van der Waals surface area contributed by atoms with Gasteiger partial charge in [0.15, 0.2) is 0 Å². The molecule has 0 fully saturated rings. The molecule has 0 aliphatic rings. The van der Waals surface area contributed by atoms with Crippen LogP contribution in [0.1, 0.15) is 16.8 Å². The number of hydrogen-bond acceptors (Lipinski definition) is 3. The van der Waals surface area contributed by atoms with Crippen LogP contribution in [0.3, 0.4) is 0 Å². The summed E-state index contributed by atoms with van der Waals surface area (Å²) in [7, 11) is 0. The molecule has 3 nitrogen and oxygen atoms in total. The normalized spacial score (nSPS) is 11.4. The topological polar surface area (TPSA) is 50.9 Å². The third-order valence-electron chi connectivity index (χ3n) is 2.95. The van der Waals surface area contributed by atoms with Crippen molar-refractivity contribution >= 4 is 17.2 Å². The molecule has 3 N–H and O–H groups in total. The minimum atomic E-state index is -4.37. The van der Waals surface area contributed by atoms with E-state index in [1.165, 1.54) is 6.07 Å². The number of aromatic nitrogens is 1. The van der Waals surface area contributed by atoms with Crippen molar-refractivity contribution in [3.8, 4) is 0 Å². The van der Waals surface area contributed by atoms with Crippen LogP contribution >= 0.6 is 0 Å². The summed E-state index contributed by atoms with van der Waals surface area (Å²) < 4.78 is 38.1. The molecule has 0 bridgehead atoms. The number of alkyl halides is 3. The van der Waals surface area contributed by atoms with Crippen molar-refractivity contribution in [3.05, 3.63) is 47.2 Å². The molecule has 1 heterocycles. The van der Waals surface area contributed by atoms with Crippen LogP contribution in [0.2, 0.25) is 0 Å². The first-order chi connectivity index (χ1) is 9.27. The van der Waals surface area contributed by atoms with E-state index < -0.39 is 11.7 Å². The van der Waals surface area contributed by atoms with Gasteiger partial charge in [-0.1, -0.05) is 6.07 Å². The molecule has 1 aromatic heterocycles. The Bertz CT molecular complexity index is 636. The Morgan fingerprint density at radius 3 is 2.40 bits per heavy atom. The highest BCUT2D eigenvalue weighted by atomic mass is 19.4. The average Bonchev–Trinajstić information content (AvgIpc) is 2.35. The quantitative estimate of drug-likeness (QED) is 0.873. The molecule has 0 aliphatic carbocycles. The molecule has 0 saturated carbocycles. The zero-order valence-corrected chi connectivity index (χ0v) is 11.0. The number of benzene rings is 1. The molecule has 6 heteroatoms. The van der Waals surface area contributed by atoms with Gasteiger partial charge in [0.2, 0.25) is 0 Å². The summed E-state index contributed by atoms with van der Waals surface area (Å²) in [5.41, 5.74) is 7.20. The van der Waals surface area contributed by atoms with E-state index in [9.17, 15) is 13.2 Å². The van der Waals surface area contributed by atoms with Gasteiger partial charge in [0.1, 0.15) is 5.82 Å². The predicted octanol–water partition coefficient (Wildman–Crippen LogP) is 4.04. The number of anilines is 3. The third-order valence-corrected chi connectivity index (χ3v) is 2.95. The van der Waals surface area contributed by atoms with Crippen LogP contribution in [0.25, 0.3) is 0 Å². The number of rotatable bonds is 2. The fourth-order valence-corrected chi connectivity index (χ4v) is 1.71. The Morgan fingerprint density at radius 2 is 1.80 bits per heavy atom. The monoisotopic (exact) mass is 281 g/mol. The van der Waals surface area contributed by atoms with E-state index in [0.717, 1.165) is 12.1 Å². The van der Waals surface area contributed by atoms with Gasteiger partial charge in [-0.25, -0.2) is 4.98 Å². The second-order valence-electron chi connectivity index (χ2n) is 4.52. The van der Waals surface area contributed by atoms with Crippen LogP contribution in [0.15, 0.2) is 30.3 Å². The predicted molar refractivity (Wildman–Crippen MR) is 72.9 cm³/mol. The van der Waals surface area contributed by atoms with Crippen LogP contribution in [0, 0.1) is 13.8 Å². The van der Waals surface area contributed by atoms with Crippen LogP contribution < -0.4 is 11.1 Å². The molecule has 0 atom stereocenters. The van der Waals surface area contributed by atoms with Crippen molar-refractivity contribution in [3.63, 3.8) is 0 Å². The number of aryl methyl sites for hydroxylation is 2. The molecule has 0 amide bonds. The standard InChI is InChI=1S/C14H14F3N3/c1-8-3-4-10(14(15,16)17)7-12(8)20-13-6-5-11(18)9(2)19-13/h3-7H,18H2,1-2H3,(H,19,20). The van der Waals surface area contributed by atoms with E-state index in [-0.39, 0.29) is 0 Å². The van der Waals surface area contributed by atoms with E-state index in [1.54, 1.807) is 26.0 Å². The van der Waals surface area contributed by atoms with Crippen LogP contribution in [0.5, 0.6) is 0 Å². The van der Waals surface area contributed by atoms with Crippen LogP contribution in [0.4, 0.5) is 30.4 Å². The molecule has 0 radical (unpaired) electrons. The number of nitrogens with two attached hydrogens (primary N) is 1. The molecule has 106 valence electrons. The number of halogens is 3. The zero-order chi connectivity index (χ0) is 14.9. The molecule has 20 heavy (non-hydrogen) atoms. The zero-order valence-electron chi connectivity index (χ0n) is 11.0. The van der Waals surface area contributed by atoms with Crippen molar-refractivity contribution in [1.82, 2.24) is 4.98 Å². The van der Waals surface area contributed by atoms with Gasteiger partial charge in [-0.2, -0.15) is 13.2 Å². The average molecular weight is 281 g/mol. The van der Waals surface area contributed by atoms with E-state index in [0.29, 0.717) is 28.5 Å². The molecular formula is C14H14F3N3. The van der Waals surface area contributed by atoms with Gasteiger partial charge in [0, 0.05) is 5.69 Å². The maximum Gasteiger partial charge on any atom is 0.416 e. The molecule has 0 spiro atoms. The summed E-state index contributed by atoms with van der Waals surface area (Å²) in [6.45, 7) is 3.46. The number of hydrogen-bond donors (Lipinski definition) is 2. The second-order valence-corrected chi connectivity index (χ2v) is 4.52. The number of pyridine rings is 1. The highest BCUT2D eigenvalue weighted by molar-refractivity contribution is 5.63.